The van der Waals surface area contributed by atoms with Crippen molar-refractivity contribution in [3.05, 3.63) is 77.5 Å². The van der Waals surface area contributed by atoms with Crippen LogP contribution in [-0.4, -0.2) is 26.2 Å². The van der Waals surface area contributed by atoms with Crippen LogP contribution in [0.15, 0.2) is 76.8 Å². The first-order chi connectivity index (χ1) is 13.6. The van der Waals surface area contributed by atoms with Crippen LogP contribution in [0.4, 0.5) is 9.18 Å². The Balaban J connectivity index is 2.22. The predicted molar refractivity (Wildman–Crippen MR) is 111 cm³/mol. The first-order valence-electron chi connectivity index (χ1n) is 9.29. The Morgan fingerprint density at radius 1 is 1.07 bits per heavy atom. The van der Waals surface area contributed by atoms with Crippen molar-refractivity contribution >= 4 is 15.9 Å². The average molecular weight is 420 g/mol. The molecule has 0 aliphatic rings. The van der Waals surface area contributed by atoms with Gasteiger partial charge in [0.25, 0.3) is 0 Å². The Bertz CT molecular complexity index is 936. The average Bonchev–Trinajstić information content (AvgIpc) is 2.66. The molecule has 1 amide bonds. The molecule has 1 N–H and O–H groups in total. The predicted octanol–water partition coefficient (Wildman–Crippen LogP) is 4.80. The SMILES string of the molecule is CC(C)(C)OC(=O)N[C@H](/C=C(\F)S(=O)(=O)c1ccccc1)CCc1ccccc1. The molecular weight excluding hydrogens is 393 g/mol. The van der Waals surface area contributed by atoms with E-state index in [2.05, 4.69) is 5.32 Å². The Morgan fingerprint density at radius 3 is 2.17 bits per heavy atom. The van der Waals surface area contributed by atoms with E-state index in [-0.39, 0.29) is 4.90 Å². The Morgan fingerprint density at radius 2 is 1.62 bits per heavy atom. The number of nitrogens with one attached hydrogen (secondary N) is 1. The number of rotatable bonds is 7. The zero-order valence-electron chi connectivity index (χ0n) is 16.8. The topological polar surface area (TPSA) is 72.5 Å². The highest BCUT2D eigenvalue weighted by Gasteiger charge is 2.24. The maximum atomic E-state index is 14.7. The van der Waals surface area contributed by atoms with Crippen LogP contribution in [0.25, 0.3) is 0 Å². The molecule has 0 aliphatic carbocycles. The fraction of sp³-hybridized carbons (Fsp3) is 0.318. The summed E-state index contributed by atoms with van der Waals surface area (Å²) in [5, 5.41) is 1.25. The number of hydrogen-bond donors (Lipinski definition) is 1. The summed E-state index contributed by atoms with van der Waals surface area (Å²) in [5.41, 5.74) is 0.259. The van der Waals surface area contributed by atoms with Crippen molar-refractivity contribution < 1.29 is 22.3 Å². The highest BCUT2D eigenvalue weighted by atomic mass is 32.2. The lowest BCUT2D eigenvalue weighted by atomic mass is 10.1. The van der Waals surface area contributed by atoms with E-state index in [1.807, 2.05) is 30.3 Å². The van der Waals surface area contributed by atoms with Crippen LogP contribution in [0.1, 0.15) is 32.8 Å². The molecule has 0 bridgehead atoms. The second-order valence-electron chi connectivity index (χ2n) is 7.56. The van der Waals surface area contributed by atoms with Crippen LogP contribution >= 0.6 is 0 Å². The van der Waals surface area contributed by atoms with Crippen LogP contribution in [0.5, 0.6) is 0 Å². The third-order valence-corrected chi connectivity index (χ3v) is 5.47. The number of aryl methyl sites for hydroxylation is 1. The summed E-state index contributed by atoms with van der Waals surface area (Å²) in [6.07, 6.45) is 1.02. The summed E-state index contributed by atoms with van der Waals surface area (Å²) in [6.45, 7) is 5.13. The lowest BCUT2D eigenvalue weighted by molar-refractivity contribution is 0.0512. The molecular formula is C22H26FNO4S. The normalized spacial score (nSPS) is 13.6. The fourth-order valence-electron chi connectivity index (χ4n) is 2.58. The van der Waals surface area contributed by atoms with Crippen molar-refractivity contribution in [1.82, 2.24) is 5.32 Å². The van der Waals surface area contributed by atoms with Gasteiger partial charge in [0, 0.05) is 0 Å². The van der Waals surface area contributed by atoms with E-state index in [0.717, 1.165) is 11.6 Å². The molecule has 2 rings (SSSR count). The molecule has 0 fully saturated rings. The fourth-order valence-corrected chi connectivity index (χ4v) is 3.67. The highest BCUT2D eigenvalue weighted by molar-refractivity contribution is 7.95. The number of carbonyl (C=O) groups excluding carboxylic acids is 1. The zero-order chi connectivity index (χ0) is 21.5. The minimum Gasteiger partial charge on any atom is -0.444 e. The molecule has 5 nitrogen and oxygen atoms in total. The van der Waals surface area contributed by atoms with E-state index in [4.69, 9.17) is 4.74 Å². The Kier molecular flexibility index (Phi) is 7.56. The van der Waals surface area contributed by atoms with E-state index >= 15 is 0 Å². The van der Waals surface area contributed by atoms with E-state index < -0.39 is 32.7 Å². The second kappa shape index (κ2) is 9.69. The van der Waals surface area contributed by atoms with Gasteiger partial charge in [-0.3, -0.25) is 0 Å². The number of alkyl carbamates (subject to hydrolysis) is 1. The Hall–Kier alpha value is -2.67. The van der Waals surface area contributed by atoms with Gasteiger partial charge < -0.3 is 10.1 Å². The smallest absolute Gasteiger partial charge is 0.408 e. The van der Waals surface area contributed by atoms with Gasteiger partial charge in [-0.2, -0.15) is 4.39 Å². The van der Waals surface area contributed by atoms with Gasteiger partial charge in [-0.15, -0.1) is 0 Å². The minimum atomic E-state index is -4.29. The summed E-state index contributed by atoms with van der Waals surface area (Å²) in [5.74, 6) is 0. The molecule has 0 unspecified atom stereocenters. The number of amides is 1. The zero-order valence-corrected chi connectivity index (χ0v) is 17.6. The van der Waals surface area contributed by atoms with E-state index in [0.29, 0.717) is 12.8 Å². The van der Waals surface area contributed by atoms with Crippen LogP contribution in [0, 0.1) is 0 Å². The second-order valence-corrected chi connectivity index (χ2v) is 9.43. The quantitative estimate of drug-likeness (QED) is 0.700. The molecule has 156 valence electrons. The molecule has 0 saturated heterocycles. The van der Waals surface area contributed by atoms with Gasteiger partial charge in [-0.25, -0.2) is 13.2 Å². The van der Waals surface area contributed by atoms with Crippen LogP contribution in [0.2, 0.25) is 0 Å². The molecule has 1 atom stereocenters. The van der Waals surface area contributed by atoms with Crippen LogP contribution < -0.4 is 5.32 Å². The number of carbonyl (C=O) groups is 1. The van der Waals surface area contributed by atoms with E-state index in [9.17, 15) is 17.6 Å². The summed E-state index contributed by atoms with van der Waals surface area (Å²) in [6, 6.07) is 15.9. The number of sulfone groups is 1. The molecule has 0 radical (unpaired) electrons. The molecule has 29 heavy (non-hydrogen) atoms. The van der Waals surface area contributed by atoms with Crippen LogP contribution in [0.3, 0.4) is 0 Å². The monoisotopic (exact) mass is 419 g/mol. The van der Waals surface area contributed by atoms with Gasteiger partial charge in [0.2, 0.25) is 15.0 Å². The lowest BCUT2D eigenvalue weighted by Crippen LogP contribution is -2.38. The first-order valence-corrected chi connectivity index (χ1v) is 10.8. The minimum absolute atomic E-state index is 0.146. The van der Waals surface area contributed by atoms with Gasteiger partial charge in [-0.05, 0) is 57.4 Å². The molecule has 7 heteroatoms. The van der Waals surface area contributed by atoms with Crippen molar-refractivity contribution in [2.45, 2.75) is 50.2 Å². The third kappa shape index (κ3) is 7.34. The lowest BCUT2D eigenvalue weighted by Gasteiger charge is -2.22. The van der Waals surface area contributed by atoms with E-state index in [1.165, 1.54) is 24.3 Å². The maximum Gasteiger partial charge on any atom is 0.408 e. The summed E-state index contributed by atoms with van der Waals surface area (Å²) >= 11 is 0. The molecule has 0 heterocycles. The number of ether oxygens (including phenoxy) is 1. The van der Waals surface area contributed by atoms with Gasteiger partial charge in [-0.1, -0.05) is 48.5 Å². The van der Waals surface area contributed by atoms with Gasteiger partial charge in [0.05, 0.1) is 10.9 Å². The standard InChI is InChI=1S/C22H26FNO4S/c1-22(2,3)28-21(25)24-18(15-14-17-10-6-4-7-11-17)16-20(23)29(26,27)19-12-8-5-9-13-19/h4-13,16,18H,14-15H2,1-3H3,(H,24,25)/b20-16+/t18-/m0/s1. The molecule has 0 spiro atoms. The van der Waals surface area contributed by atoms with Gasteiger partial charge >= 0.3 is 6.09 Å². The first kappa shape index (κ1) is 22.6. The van der Waals surface area contributed by atoms with Gasteiger partial charge in [0.1, 0.15) is 5.60 Å². The van der Waals surface area contributed by atoms with Crippen molar-refractivity contribution in [2.75, 3.05) is 0 Å². The van der Waals surface area contributed by atoms with Crippen LogP contribution in [-0.2, 0) is 21.0 Å². The summed E-state index contributed by atoms with van der Waals surface area (Å²) in [4.78, 5) is 12.0. The number of halogens is 1. The van der Waals surface area contributed by atoms with Crippen molar-refractivity contribution in [3.63, 3.8) is 0 Å². The Labute approximate surface area is 171 Å². The number of hydrogen-bond acceptors (Lipinski definition) is 4. The summed E-state index contributed by atoms with van der Waals surface area (Å²) < 4.78 is 44.9. The molecule has 2 aromatic rings. The molecule has 2 aromatic carbocycles. The van der Waals surface area contributed by atoms with Crippen molar-refractivity contribution in [2.24, 2.45) is 0 Å². The highest BCUT2D eigenvalue weighted by Crippen LogP contribution is 2.21. The van der Waals surface area contributed by atoms with E-state index in [1.54, 1.807) is 26.8 Å². The molecule has 0 aromatic heterocycles. The maximum absolute atomic E-state index is 14.7. The van der Waals surface area contributed by atoms with Crippen molar-refractivity contribution in [1.29, 1.82) is 0 Å². The largest absolute Gasteiger partial charge is 0.444 e. The summed E-state index contributed by atoms with van der Waals surface area (Å²) in [7, 11) is -4.29. The van der Waals surface area contributed by atoms with Crippen molar-refractivity contribution in [3.8, 4) is 0 Å². The third-order valence-electron chi connectivity index (χ3n) is 3.93. The molecule has 0 aliphatic heterocycles. The number of benzene rings is 2. The van der Waals surface area contributed by atoms with Gasteiger partial charge in [0.15, 0.2) is 0 Å². The molecule has 0 saturated carbocycles.